The summed E-state index contributed by atoms with van der Waals surface area (Å²) in [6.45, 7) is 0. The second-order valence-corrected chi connectivity index (χ2v) is 3.95. The van der Waals surface area contributed by atoms with Gasteiger partial charge in [0.05, 0.1) is 5.56 Å². The van der Waals surface area contributed by atoms with Gasteiger partial charge in [0.1, 0.15) is 13.7 Å². The topological polar surface area (TPSA) is 114 Å². The van der Waals surface area contributed by atoms with E-state index in [0.717, 1.165) is 5.56 Å². The van der Waals surface area contributed by atoms with Crippen LogP contribution in [0.5, 0.6) is 0 Å². The molecule has 0 bridgehead atoms. The molecule has 1 aromatic heterocycles. The van der Waals surface area contributed by atoms with Gasteiger partial charge >= 0.3 is 6.03 Å². The first-order valence-corrected chi connectivity index (χ1v) is 5.42. The number of carbonyl (C=O) groups is 2. The van der Waals surface area contributed by atoms with Crippen molar-refractivity contribution in [3.63, 3.8) is 0 Å². The maximum absolute atomic E-state index is 11.3. The number of nitrogens with two attached hydrogens (primary N) is 2. The van der Waals surface area contributed by atoms with Crippen molar-refractivity contribution in [2.24, 2.45) is 11.5 Å². The van der Waals surface area contributed by atoms with Crippen LogP contribution in [0.2, 0.25) is 0 Å². The van der Waals surface area contributed by atoms with Crippen LogP contribution < -0.4 is 22.2 Å². The second kappa shape index (κ2) is 4.89. The number of primary amides is 2. The summed E-state index contributed by atoms with van der Waals surface area (Å²) in [6.07, 6.45) is 0. The van der Waals surface area contributed by atoms with Crippen LogP contribution in [-0.4, -0.2) is 24.8 Å². The third-order valence-corrected chi connectivity index (χ3v) is 2.53. The van der Waals surface area contributed by atoms with E-state index in [1.54, 1.807) is 24.3 Å². The first kappa shape index (κ1) is 12.8. The molecule has 0 unspecified atom stereocenters. The standard InChI is InChI=1S/C12H11BN4O2/c13-7-3-1-2-6(4-7)9-5-8(10(14)18)11(16-9)17-12(15)19/h1-5,16H,(H2,14,18)(H3,15,17,19). The Morgan fingerprint density at radius 3 is 2.53 bits per heavy atom. The average molecular weight is 254 g/mol. The van der Waals surface area contributed by atoms with Gasteiger partial charge in [0.2, 0.25) is 0 Å². The van der Waals surface area contributed by atoms with Crippen LogP contribution in [0.25, 0.3) is 11.3 Å². The van der Waals surface area contributed by atoms with E-state index in [-0.39, 0.29) is 11.4 Å². The average Bonchev–Trinajstić information content (AvgIpc) is 2.72. The van der Waals surface area contributed by atoms with Crippen molar-refractivity contribution in [2.45, 2.75) is 0 Å². The first-order valence-electron chi connectivity index (χ1n) is 5.42. The van der Waals surface area contributed by atoms with E-state index in [1.807, 2.05) is 0 Å². The highest BCUT2D eigenvalue weighted by atomic mass is 16.2. The molecule has 0 fully saturated rings. The number of hydrogen-bond donors (Lipinski definition) is 4. The molecule has 3 amide bonds. The molecule has 0 aliphatic carbocycles. The van der Waals surface area contributed by atoms with Crippen LogP contribution in [0.4, 0.5) is 10.6 Å². The second-order valence-electron chi connectivity index (χ2n) is 3.95. The molecule has 6 nitrogen and oxygen atoms in total. The van der Waals surface area contributed by atoms with Crippen molar-refractivity contribution in [3.05, 3.63) is 35.9 Å². The first-order chi connectivity index (χ1) is 8.97. The monoisotopic (exact) mass is 254 g/mol. The smallest absolute Gasteiger partial charge is 0.317 e. The molecule has 2 radical (unpaired) electrons. The Morgan fingerprint density at radius 1 is 1.21 bits per heavy atom. The molecule has 0 saturated carbocycles. The zero-order valence-electron chi connectivity index (χ0n) is 9.94. The molecule has 0 aliphatic heterocycles. The van der Waals surface area contributed by atoms with Crippen LogP contribution >= 0.6 is 0 Å². The lowest BCUT2D eigenvalue weighted by atomic mass is 9.94. The molecule has 1 aromatic carbocycles. The number of urea groups is 1. The predicted molar refractivity (Wildman–Crippen MR) is 73.3 cm³/mol. The largest absolute Gasteiger partial charge is 0.365 e. The Morgan fingerprint density at radius 2 is 1.95 bits per heavy atom. The van der Waals surface area contributed by atoms with Crippen LogP contribution in [0.1, 0.15) is 10.4 Å². The Hall–Kier alpha value is -2.70. The molecule has 19 heavy (non-hydrogen) atoms. The van der Waals surface area contributed by atoms with E-state index < -0.39 is 11.9 Å². The number of H-pyrrole nitrogens is 1. The van der Waals surface area contributed by atoms with E-state index in [0.29, 0.717) is 11.2 Å². The number of aromatic amines is 1. The molecule has 1 heterocycles. The molecule has 94 valence electrons. The van der Waals surface area contributed by atoms with Crippen LogP contribution in [0.3, 0.4) is 0 Å². The van der Waals surface area contributed by atoms with Gasteiger partial charge in [0, 0.05) is 5.69 Å². The van der Waals surface area contributed by atoms with Crippen molar-refractivity contribution in [2.75, 3.05) is 5.32 Å². The van der Waals surface area contributed by atoms with E-state index in [9.17, 15) is 9.59 Å². The number of rotatable bonds is 3. The third-order valence-electron chi connectivity index (χ3n) is 2.53. The number of aromatic nitrogens is 1. The van der Waals surface area contributed by atoms with Gasteiger partial charge in [-0.05, 0) is 11.6 Å². The fraction of sp³-hybridized carbons (Fsp3) is 0. The van der Waals surface area contributed by atoms with Gasteiger partial charge in [0.25, 0.3) is 5.91 Å². The molecule has 2 aromatic rings. The quantitative estimate of drug-likeness (QED) is 0.580. The van der Waals surface area contributed by atoms with E-state index in [2.05, 4.69) is 10.3 Å². The van der Waals surface area contributed by atoms with Crippen LogP contribution in [0, 0.1) is 0 Å². The van der Waals surface area contributed by atoms with Gasteiger partial charge in [-0.3, -0.25) is 10.1 Å². The van der Waals surface area contributed by atoms with Gasteiger partial charge in [-0.15, -0.1) is 0 Å². The number of nitrogens with one attached hydrogen (secondary N) is 2. The molecule has 6 N–H and O–H groups in total. The molecule has 7 heteroatoms. The number of benzene rings is 1. The van der Waals surface area contributed by atoms with Crippen molar-refractivity contribution in [1.29, 1.82) is 0 Å². The highest BCUT2D eigenvalue weighted by Gasteiger charge is 2.15. The van der Waals surface area contributed by atoms with Crippen molar-refractivity contribution < 1.29 is 9.59 Å². The molecule has 0 aliphatic rings. The maximum atomic E-state index is 11.3. The fourth-order valence-corrected chi connectivity index (χ4v) is 1.73. The molecule has 2 rings (SSSR count). The van der Waals surface area contributed by atoms with Crippen molar-refractivity contribution in [3.8, 4) is 11.3 Å². The van der Waals surface area contributed by atoms with Crippen LogP contribution in [0.15, 0.2) is 30.3 Å². The Bertz CT molecular complexity index is 651. The zero-order chi connectivity index (χ0) is 14.0. The Kier molecular flexibility index (Phi) is 3.28. The highest BCUT2D eigenvalue weighted by Crippen LogP contribution is 2.24. The Balaban J connectivity index is 2.48. The summed E-state index contributed by atoms with van der Waals surface area (Å²) < 4.78 is 0. The summed E-state index contributed by atoms with van der Waals surface area (Å²) in [7, 11) is 5.69. The van der Waals surface area contributed by atoms with Crippen LogP contribution in [-0.2, 0) is 0 Å². The number of anilines is 1. The van der Waals surface area contributed by atoms with E-state index in [4.69, 9.17) is 19.3 Å². The van der Waals surface area contributed by atoms with Gasteiger partial charge in [0.15, 0.2) is 0 Å². The fourth-order valence-electron chi connectivity index (χ4n) is 1.73. The number of amides is 3. The molecule has 0 saturated heterocycles. The van der Waals surface area contributed by atoms with Gasteiger partial charge in [-0.2, -0.15) is 0 Å². The number of carbonyl (C=O) groups excluding carboxylic acids is 2. The third kappa shape index (κ3) is 2.76. The molecular formula is C12H11BN4O2. The summed E-state index contributed by atoms with van der Waals surface area (Å²) in [5.41, 5.74) is 12.4. The summed E-state index contributed by atoms with van der Waals surface area (Å²) >= 11 is 0. The normalized spacial score (nSPS) is 10.1. The highest BCUT2D eigenvalue weighted by molar-refractivity contribution is 6.32. The SMILES string of the molecule is [B]c1cccc(-c2cc(C(N)=O)c(NC(N)=O)[nH]2)c1. The van der Waals surface area contributed by atoms with Gasteiger partial charge in [-0.25, -0.2) is 4.79 Å². The van der Waals surface area contributed by atoms with E-state index >= 15 is 0 Å². The maximum Gasteiger partial charge on any atom is 0.317 e. The summed E-state index contributed by atoms with van der Waals surface area (Å²) in [6, 6.07) is 7.79. The molecule has 0 atom stereocenters. The summed E-state index contributed by atoms with van der Waals surface area (Å²) in [5, 5.41) is 2.31. The lowest BCUT2D eigenvalue weighted by Gasteiger charge is -2.01. The zero-order valence-corrected chi connectivity index (χ0v) is 9.94. The minimum absolute atomic E-state index is 0.149. The lowest BCUT2D eigenvalue weighted by molar-refractivity contribution is 0.100. The molecule has 0 spiro atoms. The lowest BCUT2D eigenvalue weighted by Crippen LogP contribution is -2.22. The minimum Gasteiger partial charge on any atom is -0.365 e. The minimum atomic E-state index is -0.788. The molecular weight excluding hydrogens is 243 g/mol. The summed E-state index contributed by atoms with van der Waals surface area (Å²) in [5.74, 6) is -0.507. The van der Waals surface area contributed by atoms with Crippen molar-refractivity contribution >= 4 is 31.1 Å². The number of hydrogen-bond acceptors (Lipinski definition) is 2. The predicted octanol–water partition coefficient (Wildman–Crippen LogP) is 0.0650. The van der Waals surface area contributed by atoms with Crippen molar-refractivity contribution in [1.82, 2.24) is 4.98 Å². The van der Waals surface area contributed by atoms with Gasteiger partial charge < -0.3 is 16.5 Å². The Labute approximate surface area is 110 Å². The summed E-state index contributed by atoms with van der Waals surface area (Å²) in [4.78, 5) is 25.0. The van der Waals surface area contributed by atoms with E-state index in [1.165, 1.54) is 6.07 Å². The van der Waals surface area contributed by atoms with Gasteiger partial charge in [-0.1, -0.05) is 29.7 Å².